The molecule has 1 unspecified atom stereocenters. The summed E-state index contributed by atoms with van der Waals surface area (Å²) in [4.78, 5) is 10.6. The zero-order valence-corrected chi connectivity index (χ0v) is 5.94. The second kappa shape index (κ2) is 2.73. The number of nitrogens with one attached hydrogen (secondary N) is 1. The largest absolute Gasteiger partial charge is 0.347 e. The molecule has 1 aliphatic heterocycles. The van der Waals surface area contributed by atoms with Crippen LogP contribution in [0.4, 0.5) is 8.78 Å². The fourth-order valence-electron chi connectivity index (χ4n) is 1.01. The molecule has 11 heavy (non-hydrogen) atoms. The van der Waals surface area contributed by atoms with E-state index in [-0.39, 0.29) is 25.4 Å². The van der Waals surface area contributed by atoms with Crippen molar-refractivity contribution in [3.8, 4) is 0 Å². The van der Waals surface area contributed by atoms with E-state index in [1.165, 1.54) is 0 Å². The van der Waals surface area contributed by atoms with E-state index in [1.54, 1.807) is 0 Å². The van der Waals surface area contributed by atoms with Crippen molar-refractivity contribution in [2.75, 3.05) is 6.54 Å². The van der Waals surface area contributed by atoms with Crippen LogP contribution < -0.4 is 11.1 Å². The minimum Gasteiger partial charge on any atom is -0.347 e. The Kier molecular flexibility index (Phi) is 2.08. The van der Waals surface area contributed by atoms with E-state index < -0.39 is 11.8 Å². The van der Waals surface area contributed by atoms with Crippen LogP contribution in [-0.4, -0.2) is 24.4 Å². The molecule has 0 aromatic heterocycles. The van der Waals surface area contributed by atoms with Gasteiger partial charge in [-0.05, 0) is 6.42 Å². The van der Waals surface area contributed by atoms with E-state index in [2.05, 4.69) is 5.32 Å². The van der Waals surface area contributed by atoms with Crippen LogP contribution in [-0.2, 0) is 4.79 Å². The van der Waals surface area contributed by atoms with Crippen LogP contribution in [0.5, 0.6) is 0 Å². The maximum atomic E-state index is 12.5. The maximum absolute atomic E-state index is 12.5. The van der Waals surface area contributed by atoms with Crippen molar-refractivity contribution in [3.05, 3.63) is 0 Å². The van der Waals surface area contributed by atoms with E-state index in [0.29, 0.717) is 0 Å². The van der Waals surface area contributed by atoms with Crippen molar-refractivity contribution < 1.29 is 13.6 Å². The molecule has 0 spiro atoms. The van der Waals surface area contributed by atoms with Crippen LogP contribution in [0.2, 0.25) is 0 Å². The van der Waals surface area contributed by atoms with Crippen LogP contribution in [0, 0.1) is 0 Å². The topological polar surface area (TPSA) is 55.1 Å². The Morgan fingerprint density at radius 1 is 1.73 bits per heavy atom. The number of hydrogen-bond acceptors (Lipinski definition) is 2. The summed E-state index contributed by atoms with van der Waals surface area (Å²) in [5, 5.41) is 2.14. The maximum Gasteiger partial charge on any atom is 0.324 e. The highest BCUT2D eigenvalue weighted by Gasteiger charge is 2.43. The second-order valence-electron chi connectivity index (χ2n) is 2.65. The van der Waals surface area contributed by atoms with Crippen LogP contribution in [0.1, 0.15) is 12.8 Å². The lowest BCUT2D eigenvalue weighted by Gasteiger charge is -2.27. The highest BCUT2D eigenvalue weighted by molar-refractivity contribution is 5.84. The second-order valence-corrected chi connectivity index (χ2v) is 2.65. The average Bonchev–Trinajstić information content (AvgIpc) is 1.95. The average molecular weight is 164 g/mol. The van der Waals surface area contributed by atoms with Gasteiger partial charge in [-0.15, -0.1) is 0 Å². The first kappa shape index (κ1) is 8.39. The molecule has 0 aromatic rings. The lowest BCUT2D eigenvalue weighted by atomic mass is 10.0. The Hall–Kier alpha value is -0.710. The molecule has 5 heteroatoms. The van der Waals surface area contributed by atoms with Gasteiger partial charge in [0.05, 0.1) is 0 Å². The van der Waals surface area contributed by atoms with Crippen molar-refractivity contribution in [2.45, 2.75) is 24.8 Å². The Morgan fingerprint density at radius 3 is 2.82 bits per heavy atom. The summed E-state index contributed by atoms with van der Waals surface area (Å²) in [5.74, 6) is -4.38. The third-order valence-corrected chi connectivity index (χ3v) is 1.76. The summed E-state index contributed by atoms with van der Waals surface area (Å²) in [6.07, 6.45) is -0.129. The fraction of sp³-hybridized carbons (Fsp3) is 0.833. The number of carbonyl (C=O) groups excluding carboxylic acids is 1. The lowest BCUT2D eigenvalue weighted by Crippen LogP contribution is -2.53. The van der Waals surface area contributed by atoms with Gasteiger partial charge in [0.1, 0.15) is 0 Å². The molecule has 1 rings (SSSR count). The predicted molar refractivity (Wildman–Crippen MR) is 35.2 cm³/mol. The normalized spacial score (nSPS) is 29.7. The number of hydrogen-bond donors (Lipinski definition) is 2. The van der Waals surface area contributed by atoms with E-state index >= 15 is 0 Å². The Labute approximate surface area is 62.9 Å². The van der Waals surface area contributed by atoms with Gasteiger partial charge in [0, 0.05) is 19.0 Å². The molecule has 1 heterocycles. The third kappa shape index (κ3) is 1.65. The van der Waals surface area contributed by atoms with Gasteiger partial charge in [0.2, 0.25) is 0 Å². The van der Waals surface area contributed by atoms with Gasteiger partial charge in [-0.1, -0.05) is 0 Å². The number of piperidine rings is 1. The molecule has 64 valence electrons. The van der Waals surface area contributed by atoms with Gasteiger partial charge in [0.15, 0.2) is 0 Å². The number of rotatable bonds is 1. The van der Waals surface area contributed by atoms with Crippen molar-refractivity contribution in [1.82, 2.24) is 5.32 Å². The molecule has 1 saturated heterocycles. The fourth-order valence-corrected chi connectivity index (χ4v) is 1.01. The summed E-state index contributed by atoms with van der Waals surface area (Å²) in [5.41, 5.74) is 5.19. The zero-order valence-electron chi connectivity index (χ0n) is 5.94. The highest BCUT2D eigenvalue weighted by Crippen LogP contribution is 2.25. The van der Waals surface area contributed by atoms with Crippen molar-refractivity contribution >= 4 is 5.91 Å². The standard InChI is InChI=1S/C6H10F2N2O/c7-6(8)2-1-4(3-9)10-5(6)11/h4H,1-3,9H2,(H,10,11). The van der Waals surface area contributed by atoms with E-state index in [1.807, 2.05) is 0 Å². The van der Waals surface area contributed by atoms with Crippen LogP contribution in [0.3, 0.4) is 0 Å². The number of carbonyl (C=O) groups is 1. The van der Waals surface area contributed by atoms with Gasteiger partial charge in [-0.3, -0.25) is 4.79 Å². The monoisotopic (exact) mass is 164 g/mol. The third-order valence-electron chi connectivity index (χ3n) is 1.76. The highest BCUT2D eigenvalue weighted by atomic mass is 19.3. The molecular formula is C6H10F2N2O. The van der Waals surface area contributed by atoms with Gasteiger partial charge >= 0.3 is 5.92 Å². The molecule has 1 aliphatic rings. The predicted octanol–water partition coefficient (Wildman–Crippen LogP) is -0.141. The Bertz CT molecular complexity index is 172. The molecule has 3 N–H and O–H groups in total. The minimum atomic E-state index is -3.19. The van der Waals surface area contributed by atoms with E-state index in [4.69, 9.17) is 5.73 Å². The van der Waals surface area contributed by atoms with E-state index in [0.717, 1.165) is 0 Å². The number of alkyl halides is 2. The number of amides is 1. The van der Waals surface area contributed by atoms with Gasteiger partial charge in [-0.25, -0.2) is 0 Å². The molecule has 1 amide bonds. The first-order valence-corrected chi connectivity index (χ1v) is 3.45. The van der Waals surface area contributed by atoms with Crippen LogP contribution in [0.15, 0.2) is 0 Å². The van der Waals surface area contributed by atoms with Crippen molar-refractivity contribution in [1.29, 1.82) is 0 Å². The van der Waals surface area contributed by atoms with Crippen molar-refractivity contribution in [3.63, 3.8) is 0 Å². The van der Waals surface area contributed by atoms with Gasteiger partial charge in [0.25, 0.3) is 5.91 Å². The first-order chi connectivity index (χ1) is 5.06. The molecule has 3 nitrogen and oxygen atoms in total. The summed E-state index contributed by atoms with van der Waals surface area (Å²) in [7, 11) is 0. The summed E-state index contributed by atoms with van der Waals surface area (Å²) in [6.45, 7) is 0.224. The minimum absolute atomic E-state index is 0.224. The quantitative estimate of drug-likeness (QED) is 0.566. The van der Waals surface area contributed by atoms with Crippen molar-refractivity contribution in [2.24, 2.45) is 5.73 Å². The van der Waals surface area contributed by atoms with Gasteiger partial charge in [-0.2, -0.15) is 8.78 Å². The molecule has 0 aromatic carbocycles. The molecule has 0 radical (unpaired) electrons. The molecule has 0 bridgehead atoms. The smallest absolute Gasteiger partial charge is 0.324 e. The lowest BCUT2D eigenvalue weighted by molar-refractivity contribution is -0.151. The number of nitrogens with two attached hydrogens (primary N) is 1. The van der Waals surface area contributed by atoms with Crippen LogP contribution >= 0.6 is 0 Å². The SMILES string of the molecule is NCC1CCC(F)(F)C(=O)N1. The first-order valence-electron chi connectivity index (χ1n) is 3.45. The summed E-state index contributed by atoms with van der Waals surface area (Å²) in [6, 6.07) is -0.276. The molecule has 1 fully saturated rings. The Morgan fingerprint density at radius 2 is 2.36 bits per heavy atom. The van der Waals surface area contributed by atoms with E-state index in [9.17, 15) is 13.6 Å². The molecule has 0 aliphatic carbocycles. The molecular weight excluding hydrogens is 154 g/mol. The summed E-state index contributed by atoms with van der Waals surface area (Å²) < 4.78 is 24.9. The van der Waals surface area contributed by atoms with Gasteiger partial charge < -0.3 is 11.1 Å². The summed E-state index contributed by atoms with van der Waals surface area (Å²) >= 11 is 0. The molecule has 1 atom stereocenters. The van der Waals surface area contributed by atoms with Crippen LogP contribution in [0.25, 0.3) is 0 Å². The molecule has 0 saturated carbocycles. The Balaban J connectivity index is 2.55. The zero-order chi connectivity index (χ0) is 8.48. The number of halogens is 2.